The lowest BCUT2D eigenvalue weighted by Gasteiger charge is -2.30. The first-order valence-electron chi connectivity index (χ1n) is 17.5. The van der Waals surface area contributed by atoms with Gasteiger partial charge >= 0.3 is 12.1 Å². The number of carbonyl (C=O) groups is 3. The van der Waals surface area contributed by atoms with Gasteiger partial charge in [-0.15, -0.1) is 0 Å². The number of nitrogens with zero attached hydrogens (tertiary/aromatic N) is 1. The van der Waals surface area contributed by atoms with Gasteiger partial charge in [-0.2, -0.15) is 13.2 Å². The molecule has 7 rings (SSSR count). The number of alkyl halides is 3. The SMILES string of the molecule is COc1ccc(-c2cc(C3=NOC(C(=O)O)C3)ccc2F)cc1C(=O)NC1C2CCC(/C2=C/C2CCCC2)[C@@H]1C(=O)Nc1ccc(F)c(C(F)(F)F)c1. The molecule has 0 radical (unpaired) electrons. The Hall–Kier alpha value is -5.27. The summed E-state index contributed by atoms with van der Waals surface area (Å²) in [5.41, 5.74) is 0.570. The van der Waals surface area contributed by atoms with Crippen molar-refractivity contribution in [1.29, 1.82) is 0 Å². The number of halogens is 5. The van der Waals surface area contributed by atoms with Crippen molar-refractivity contribution in [3.63, 3.8) is 0 Å². The Morgan fingerprint density at radius 1 is 0.925 bits per heavy atom. The quantitative estimate of drug-likeness (QED) is 0.152. The monoisotopic (exact) mass is 737 g/mol. The maximum Gasteiger partial charge on any atom is 0.419 e. The summed E-state index contributed by atoms with van der Waals surface area (Å²) >= 11 is 0. The number of fused-ring (bicyclic) bond motifs is 2. The van der Waals surface area contributed by atoms with Crippen LogP contribution in [0.1, 0.15) is 66.4 Å². The third-order valence-corrected chi connectivity index (χ3v) is 10.9. The molecule has 1 aliphatic heterocycles. The predicted octanol–water partition coefficient (Wildman–Crippen LogP) is 7.75. The minimum Gasteiger partial charge on any atom is -0.496 e. The second-order valence-electron chi connectivity index (χ2n) is 14.0. The molecule has 3 saturated carbocycles. The second kappa shape index (κ2) is 14.3. The van der Waals surface area contributed by atoms with E-state index in [0.717, 1.165) is 37.3 Å². The fraction of sp³-hybridized carbons (Fsp3) is 0.385. The topological polar surface area (TPSA) is 126 Å². The van der Waals surface area contributed by atoms with E-state index in [1.165, 1.54) is 37.4 Å². The van der Waals surface area contributed by atoms with Crippen molar-refractivity contribution < 1.29 is 51.0 Å². The molecular formula is C39H36F5N3O6. The van der Waals surface area contributed by atoms with Gasteiger partial charge in [0.25, 0.3) is 5.91 Å². The number of methoxy groups -OCH3 is 1. The van der Waals surface area contributed by atoms with E-state index in [1.54, 1.807) is 6.07 Å². The molecule has 3 N–H and O–H groups in total. The minimum atomic E-state index is -4.97. The maximum atomic E-state index is 15.3. The van der Waals surface area contributed by atoms with Crippen LogP contribution in [0.4, 0.5) is 27.6 Å². The standard InChI is InChI=1S/C39H36F5N3O6/c1-52-32-13-7-20(25-16-21(6-11-29(25)40)31-18-33(38(50)51)53-47-31)15-27(32)36(48)46-35-24-10-9-23(26(24)14-19-4-2-3-5-19)34(35)37(49)45-22-8-12-30(41)28(17-22)39(42,43)44/h6-8,11-17,19,23-24,33-35H,2-5,9-10,18H2,1H3,(H,45,49)(H,46,48)(H,50,51)/b26-14-/t23?,24?,33?,34-,35?/m0/s1. The zero-order valence-corrected chi connectivity index (χ0v) is 28.5. The van der Waals surface area contributed by atoms with Crippen LogP contribution in [0.15, 0.2) is 71.4 Å². The molecular weight excluding hydrogens is 701 g/mol. The molecule has 278 valence electrons. The van der Waals surface area contributed by atoms with Gasteiger partial charge < -0.3 is 25.3 Å². The number of hydrogen-bond acceptors (Lipinski definition) is 6. The smallest absolute Gasteiger partial charge is 0.419 e. The van der Waals surface area contributed by atoms with Gasteiger partial charge in [0.05, 0.1) is 29.9 Å². The lowest BCUT2D eigenvalue weighted by atomic mass is 9.83. The van der Waals surface area contributed by atoms with Crippen LogP contribution in [-0.2, 0) is 20.6 Å². The molecule has 3 aliphatic carbocycles. The number of amides is 2. The van der Waals surface area contributed by atoms with E-state index in [9.17, 15) is 37.1 Å². The number of allylic oxidation sites excluding steroid dienone is 1. The Bertz CT molecular complexity index is 2020. The maximum absolute atomic E-state index is 15.3. The van der Waals surface area contributed by atoms with Crippen LogP contribution in [-0.4, -0.2) is 47.9 Å². The number of benzene rings is 3. The first-order chi connectivity index (χ1) is 25.3. The van der Waals surface area contributed by atoms with Gasteiger partial charge in [-0.1, -0.05) is 41.8 Å². The largest absolute Gasteiger partial charge is 0.496 e. The van der Waals surface area contributed by atoms with Gasteiger partial charge in [0.2, 0.25) is 12.0 Å². The summed E-state index contributed by atoms with van der Waals surface area (Å²) in [5, 5.41) is 18.7. The van der Waals surface area contributed by atoms with Gasteiger partial charge in [-0.3, -0.25) is 9.59 Å². The molecule has 4 unspecified atom stereocenters. The van der Waals surface area contributed by atoms with Crippen molar-refractivity contribution in [2.75, 3.05) is 12.4 Å². The molecule has 1 heterocycles. The number of rotatable bonds is 9. The van der Waals surface area contributed by atoms with Crippen LogP contribution < -0.4 is 15.4 Å². The fourth-order valence-electron chi connectivity index (χ4n) is 8.36. The van der Waals surface area contributed by atoms with Crippen LogP contribution >= 0.6 is 0 Å². The molecule has 0 spiro atoms. The summed E-state index contributed by atoms with van der Waals surface area (Å²) in [4.78, 5) is 44.5. The van der Waals surface area contributed by atoms with Crippen molar-refractivity contribution >= 4 is 29.2 Å². The molecule has 3 aromatic carbocycles. The molecule has 14 heteroatoms. The van der Waals surface area contributed by atoms with E-state index in [4.69, 9.17) is 9.57 Å². The van der Waals surface area contributed by atoms with E-state index in [-0.39, 0.29) is 40.8 Å². The normalized spacial score (nSPS) is 24.6. The average Bonchev–Trinajstić information content (AvgIpc) is 3.95. The number of carboxylic acid groups (broad SMARTS) is 1. The average molecular weight is 738 g/mol. The molecule has 0 aromatic heterocycles. The lowest BCUT2D eigenvalue weighted by Crippen LogP contribution is -2.48. The van der Waals surface area contributed by atoms with Gasteiger partial charge in [0.15, 0.2) is 0 Å². The number of aliphatic carboxylic acids is 1. The molecule has 2 amide bonds. The summed E-state index contributed by atoms with van der Waals surface area (Å²) in [6.45, 7) is 0. The Kier molecular flexibility index (Phi) is 9.73. The Morgan fingerprint density at radius 3 is 2.34 bits per heavy atom. The Balaban J connectivity index is 1.19. The van der Waals surface area contributed by atoms with Gasteiger partial charge in [-0.25, -0.2) is 13.6 Å². The van der Waals surface area contributed by atoms with Crippen LogP contribution in [0.25, 0.3) is 11.1 Å². The summed E-state index contributed by atoms with van der Waals surface area (Å²) < 4.78 is 75.3. The summed E-state index contributed by atoms with van der Waals surface area (Å²) in [7, 11) is 1.37. The number of carbonyl (C=O) groups excluding carboxylic acids is 2. The number of nitrogens with one attached hydrogen (secondary N) is 2. The second-order valence-corrected chi connectivity index (χ2v) is 14.0. The first kappa shape index (κ1) is 36.1. The third-order valence-electron chi connectivity index (χ3n) is 10.9. The lowest BCUT2D eigenvalue weighted by molar-refractivity contribution is -0.148. The highest BCUT2D eigenvalue weighted by Gasteiger charge is 2.55. The van der Waals surface area contributed by atoms with Crippen LogP contribution in [0, 0.1) is 35.3 Å². The highest BCUT2D eigenvalue weighted by molar-refractivity contribution is 6.04. The molecule has 3 fully saturated rings. The van der Waals surface area contributed by atoms with E-state index < -0.39 is 59.2 Å². The highest BCUT2D eigenvalue weighted by Crippen LogP contribution is 2.54. The molecule has 3 aromatic rings. The minimum absolute atomic E-state index is 0.0171. The van der Waals surface area contributed by atoms with E-state index in [1.807, 2.05) is 0 Å². The number of ether oxygens (including phenoxy) is 1. The van der Waals surface area contributed by atoms with E-state index in [0.29, 0.717) is 47.7 Å². The van der Waals surface area contributed by atoms with Crippen LogP contribution in [0.3, 0.4) is 0 Å². The van der Waals surface area contributed by atoms with Crippen LogP contribution in [0.5, 0.6) is 5.75 Å². The molecule has 9 nitrogen and oxygen atoms in total. The van der Waals surface area contributed by atoms with Crippen LogP contribution in [0.2, 0.25) is 0 Å². The van der Waals surface area contributed by atoms with Crippen molar-refractivity contribution in [1.82, 2.24) is 5.32 Å². The first-order valence-corrected chi connectivity index (χ1v) is 17.5. The van der Waals surface area contributed by atoms with E-state index >= 15 is 4.39 Å². The van der Waals surface area contributed by atoms with Gasteiger partial charge in [-0.05, 0) is 85.5 Å². The summed E-state index contributed by atoms with van der Waals surface area (Å²) in [6.07, 6.45) is 1.62. The number of anilines is 1. The molecule has 2 bridgehead atoms. The molecule has 4 aliphatic rings. The molecule has 5 atom stereocenters. The number of carboxylic acids is 1. The highest BCUT2D eigenvalue weighted by atomic mass is 19.4. The molecule has 53 heavy (non-hydrogen) atoms. The Morgan fingerprint density at radius 2 is 1.64 bits per heavy atom. The Labute approximate surface area is 301 Å². The van der Waals surface area contributed by atoms with Crippen molar-refractivity contribution in [2.45, 2.75) is 63.3 Å². The van der Waals surface area contributed by atoms with Crippen molar-refractivity contribution in [2.24, 2.45) is 28.8 Å². The number of hydrogen-bond donors (Lipinski definition) is 3. The van der Waals surface area contributed by atoms with Gasteiger partial charge in [0, 0.05) is 35.2 Å². The summed E-state index contributed by atoms with van der Waals surface area (Å²) in [6, 6.07) is 10.2. The number of oxime groups is 1. The fourth-order valence-corrected chi connectivity index (χ4v) is 8.36. The zero-order chi connectivity index (χ0) is 37.6. The van der Waals surface area contributed by atoms with Crippen molar-refractivity contribution in [3.05, 3.63) is 94.6 Å². The zero-order valence-electron chi connectivity index (χ0n) is 28.5. The summed E-state index contributed by atoms with van der Waals surface area (Å²) in [5.74, 6) is -5.24. The van der Waals surface area contributed by atoms with E-state index in [2.05, 4.69) is 21.9 Å². The third kappa shape index (κ3) is 7.10. The van der Waals surface area contributed by atoms with Crippen molar-refractivity contribution in [3.8, 4) is 16.9 Å². The van der Waals surface area contributed by atoms with Gasteiger partial charge in [0.1, 0.15) is 17.4 Å². The predicted molar refractivity (Wildman–Crippen MR) is 183 cm³/mol. The molecule has 0 saturated heterocycles.